The van der Waals surface area contributed by atoms with Gasteiger partial charge in [0, 0.05) is 46.8 Å². The summed E-state index contributed by atoms with van der Waals surface area (Å²) in [5, 5.41) is 3.28. The van der Waals surface area contributed by atoms with Gasteiger partial charge in [0.2, 0.25) is 0 Å². The maximum Gasteiger partial charge on any atom is 0.0375 e. The van der Waals surface area contributed by atoms with Crippen molar-refractivity contribution in [1.82, 2.24) is 10.3 Å². The second kappa shape index (κ2) is 6.11. The van der Waals surface area contributed by atoms with Crippen molar-refractivity contribution in [2.24, 2.45) is 0 Å². The molecule has 1 unspecified atom stereocenters. The molecule has 90 valence electrons. The van der Waals surface area contributed by atoms with Gasteiger partial charge in [-0.15, -0.1) is 0 Å². The molecule has 1 N–H and O–H groups in total. The summed E-state index contributed by atoms with van der Waals surface area (Å²) in [5.74, 6) is 0.703. The summed E-state index contributed by atoms with van der Waals surface area (Å²) >= 11 is 0. The summed E-state index contributed by atoms with van der Waals surface area (Å²) < 4.78 is 11.6. The molecule has 1 aromatic heterocycles. The number of rotatable bonds is 5. The normalized spacial score (nSPS) is 13.7. The minimum absolute atomic E-state index is 0.113. The zero-order valence-corrected chi connectivity index (χ0v) is 11.0. The molecule has 0 saturated heterocycles. The third-order valence-electron chi connectivity index (χ3n) is 2.23. The lowest BCUT2D eigenvalue weighted by atomic mass is 10.3. The number of hydrogen-bond donors (Lipinski definition) is 1. The van der Waals surface area contributed by atoms with Gasteiger partial charge in [0.25, 0.3) is 0 Å². The van der Waals surface area contributed by atoms with Gasteiger partial charge in [0.1, 0.15) is 0 Å². The highest BCUT2D eigenvalue weighted by molar-refractivity contribution is 7.86. The topological polar surface area (TPSA) is 42.0 Å². The molecular formula is C12H20N2OS. The van der Waals surface area contributed by atoms with E-state index >= 15 is 0 Å². The van der Waals surface area contributed by atoms with Crippen LogP contribution in [0, 0.1) is 0 Å². The molecular weight excluding hydrogens is 220 g/mol. The molecule has 1 aromatic rings. The van der Waals surface area contributed by atoms with E-state index in [0.29, 0.717) is 5.75 Å². The van der Waals surface area contributed by atoms with Crippen LogP contribution in [-0.4, -0.2) is 26.2 Å². The van der Waals surface area contributed by atoms with Crippen LogP contribution in [0.3, 0.4) is 0 Å². The first-order valence-electron chi connectivity index (χ1n) is 5.48. The van der Waals surface area contributed by atoms with Crippen molar-refractivity contribution in [3.05, 3.63) is 30.1 Å². The third-order valence-corrected chi connectivity index (χ3v) is 4.17. The Labute approximate surface area is 100 Å². The molecule has 1 heterocycles. The summed E-state index contributed by atoms with van der Waals surface area (Å²) in [7, 11) is -0.770. The van der Waals surface area contributed by atoms with Crippen LogP contribution in [0.4, 0.5) is 0 Å². The zero-order valence-electron chi connectivity index (χ0n) is 10.2. The van der Waals surface area contributed by atoms with E-state index in [0.717, 1.165) is 13.1 Å². The van der Waals surface area contributed by atoms with Crippen molar-refractivity contribution in [2.75, 3.05) is 12.3 Å². The molecule has 0 aliphatic carbocycles. The Morgan fingerprint density at radius 3 is 2.50 bits per heavy atom. The third kappa shape index (κ3) is 4.86. The molecule has 0 spiro atoms. The number of nitrogens with one attached hydrogen (secondary N) is 1. The van der Waals surface area contributed by atoms with Crippen molar-refractivity contribution in [3.8, 4) is 0 Å². The Balaban J connectivity index is 2.20. The number of nitrogens with zero attached hydrogens (tertiary/aromatic N) is 1. The van der Waals surface area contributed by atoms with Crippen molar-refractivity contribution < 1.29 is 4.21 Å². The highest BCUT2D eigenvalue weighted by atomic mass is 32.2. The minimum atomic E-state index is -0.770. The molecule has 0 aliphatic rings. The van der Waals surface area contributed by atoms with Crippen LogP contribution in [0.5, 0.6) is 0 Å². The van der Waals surface area contributed by atoms with E-state index in [4.69, 9.17) is 0 Å². The van der Waals surface area contributed by atoms with Gasteiger partial charge in [0.05, 0.1) is 0 Å². The van der Waals surface area contributed by atoms with E-state index in [1.54, 1.807) is 12.4 Å². The Morgan fingerprint density at radius 2 is 1.94 bits per heavy atom. The van der Waals surface area contributed by atoms with Crippen molar-refractivity contribution >= 4 is 10.8 Å². The molecule has 0 aromatic carbocycles. The molecule has 1 rings (SSSR count). The quantitative estimate of drug-likeness (QED) is 0.797. The summed E-state index contributed by atoms with van der Waals surface area (Å²) in [5.41, 5.74) is 1.21. The SMILES string of the molecule is CC(C)(C)S(=O)CCNCc1ccncc1. The predicted molar refractivity (Wildman–Crippen MR) is 68.7 cm³/mol. The molecule has 0 saturated carbocycles. The lowest BCUT2D eigenvalue weighted by Crippen LogP contribution is -2.29. The molecule has 16 heavy (non-hydrogen) atoms. The van der Waals surface area contributed by atoms with Crippen LogP contribution in [0.15, 0.2) is 24.5 Å². The van der Waals surface area contributed by atoms with Crippen LogP contribution < -0.4 is 5.32 Å². The number of aromatic nitrogens is 1. The summed E-state index contributed by atoms with van der Waals surface area (Å²) in [6, 6.07) is 3.96. The van der Waals surface area contributed by atoms with Gasteiger partial charge in [0.15, 0.2) is 0 Å². The predicted octanol–water partition coefficient (Wildman–Crippen LogP) is 1.72. The van der Waals surface area contributed by atoms with Crippen LogP contribution in [0.2, 0.25) is 0 Å². The smallest absolute Gasteiger partial charge is 0.0375 e. The fraction of sp³-hybridized carbons (Fsp3) is 0.583. The van der Waals surface area contributed by atoms with Gasteiger partial charge < -0.3 is 5.32 Å². The van der Waals surface area contributed by atoms with Crippen LogP contribution >= 0.6 is 0 Å². The van der Waals surface area contributed by atoms with Gasteiger partial charge in [-0.2, -0.15) is 0 Å². The van der Waals surface area contributed by atoms with Crippen molar-refractivity contribution in [3.63, 3.8) is 0 Å². The maximum absolute atomic E-state index is 11.7. The van der Waals surface area contributed by atoms with E-state index in [9.17, 15) is 4.21 Å². The van der Waals surface area contributed by atoms with Gasteiger partial charge in [-0.3, -0.25) is 9.19 Å². The highest BCUT2D eigenvalue weighted by Gasteiger charge is 2.18. The first-order chi connectivity index (χ1) is 7.50. The first kappa shape index (κ1) is 13.3. The van der Waals surface area contributed by atoms with Gasteiger partial charge >= 0.3 is 0 Å². The summed E-state index contributed by atoms with van der Waals surface area (Å²) in [4.78, 5) is 3.96. The first-order valence-corrected chi connectivity index (χ1v) is 6.80. The van der Waals surface area contributed by atoms with Crippen LogP contribution in [0.25, 0.3) is 0 Å². The molecule has 1 atom stereocenters. The fourth-order valence-corrected chi connectivity index (χ4v) is 2.15. The summed E-state index contributed by atoms with van der Waals surface area (Å²) in [6.45, 7) is 7.61. The lowest BCUT2D eigenvalue weighted by Gasteiger charge is -2.17. The second-order valence-electron chi connectivity index (χ2n) is 4.69. The van der Waals surface area contributed by atoms with Crippen molar-refractivity contribution in [2.45, 2.75) is 32.1 Å². The second-order valence-corrected chi connectivity index (χ2v) is 7.02. The Hall–Kier alpha value is -0.740. The van der Waals surface area contributed by atoms with E-state index in [-0.39, 0.29) is 4.75 Å². The zero-order chi connectivity index (χ0) is 12.0. The fourth-order valence-electron chi connectivity index (χ4n) is 1.20. The largest absolute Gasteiger partial charge is 0.312 e. The Morgan fingerprint density at radius 1 is 1.31 bits per heavy atom. The van der Waals surface area contributed by atoms with E-state index in [1.807, 2.05) is 32.9 Å². The Bertz CT molecular complexity index is 333. The minimum Gasteiger partial charge on any atom is -0.312 e. The number of pyridine rings is 1. The monoisotopic (exact) mass is 240 g/mol. The Kier molecular flexibility index (Phi) is 5.09. The average molecular weight is 240 g/mol. The van der Waals surface area contributed by atoms with Crippen LogP contribution in [0.1, 0.15) is 26.3 Å². The summed E-state index contributed by atoms with van der Waals surface area (Å²) in [6.07, 6.45) is 3.56. The van der Waals surface area contributed by atoms with Crippen molar-refractivity contribution in [1.29, 1.82) is 0 Å². The highest BCUT2D eigenvalue weighted by Crippen LogP contribution is 2.10. The molecule has 0 fully saturated rings. The molecule has 3 nitrogen and oxygen atoms in total. The van der Waals surface area contributed by atoms with Gasteiger partial charge in [-0.05, 0) is 38.5 Å². The molecule has 0 aliphatic heterocycles. The molecule has 0 radical (unpaired) electrons. The van der Waals surface area contributed by atoms with Gasteiger partial charge in [-0.25, -0.2) is 0 Å². The molecule has 4 heteroatoms. The van der Waals surface area contributed by atoms with Crippen LogP contribution in [-0.2, 0) is 17.3 Å². The number of hydrogen-bond acceptors (Lipinski definition) is 3. The van der Waals surface area contributed by atoms with E-state index < -0.39 is 10.8 Å². The molecule has 0 amide bonds. The van der Waals surface area contributed by atoms with E-state index in [2.05, 4.69) is 10.3 Å². The molecule has 0 bridgehead atoms. The van der Waals surface area contributed by atoms with E-state index in [1.165, 1.54) is 5.56 Å². The lowest BCUT2D eigenvalue weighted by molar-refractivity contribution is 0.640. The maximum atomic E-state index is 11.7. The standard InChI is InChI=1S/C12H20N2OS/c1-12(2,3)16(15)9-8-14-10-11-4-6-13-7-5-11/h4-7,14H,8-10H2,1-3H3. The average Bonchev–Trinajstić information content (AvgIpc) is 2.24. The van der Waals surface area contributed by atoms with Gasteiger partial charge in [-0.1, -0.05) is 0 Å².